The second-order valence-corrected chi connectivity index (χ2v) is 11.7. The molecule has 9 nitrogen and oxygen atoms in total. The molecule has 1 aromatic carbocycles. The van der Waals surface area contributed by atoms with Crippen LogP contribution in [0.5, 0.6) is 0 Å². The normalized spacial score (nSPS) is 22.0. The Kier molecular flexibility index (Phi) is 7.80. The number of amides is 2. The van der Waals surface area contributed by atoms with Crippen LogP contribution in [0.2, 0.25) is 0 Å². The van der Waals surface area contributed by atoms with E-state index in [9.17, 15) is 9.59 Å². The first-order valence-electron chi connectivity index (χ1n) is 13.1. The molecule has 3 fully saturated rings. The molecule has 10 heteroatoms. The molecule has 1 aromatic heterocycles. The van der Waals surface area contributed by atoms with Gasteiger partial charge in [-0.25, -0.2) is 4.98 Å². The van der Waals surface area contributed by atoms with E-state index in [4.69, 9.17) is 9.47 Å². The van der Waals surface area contributed by atoms with Crippen LogP contribution in [0.4, 0.5) is 10.8 Å². The SMILES string of the molecule is CO[C@H]1CCN(c2nc(C(=O)Nc3ccc(CN4CCOCC4(C)C)cc3C(=O)NC3CCC3)cs2)C1. The Morgan fingerprint density at radius 3 is 2.76 bits per heavy atom. The van der Waals surface area contributed by atoms with Gasteiger partial charge < -0.3 is 25.0 Å². The topological polar surface area (TPSA) is 96.0 Å². The monoisotopic (exact) mass is 527 g/mol. The van der Waals surface area contributed by atoms with Crippen LogP contribution < -0.4 is 15.5 Å². The lowest BCUT2D eigenvalue weighted by Crippen LogP contribution is -2.52. The summed E-state index contributed by atoms with van der Waals surface area (Å²) in [5.74, 6) is -0.463. The van der Waals surface area contributed by atoms with Crippen molar-refractivity contribution in [1.82, 2.24) is 15.2 Å². The molecular weight excluding hydrogens is 490 g/mol. The molecule has 2 saturated heterocycles. The highest BCUT2D eigenvalue weighted by atomic mass is 32.1. The first kappa shape index (κ1) is 26.1. The number of methoxy groups -OCH3 is 1. The minimum absolute atomic E-state index is 0.0829. The number of ether oxygens (including phenoxy) is 2. The second kappa shape index (κ2) is 11.1. The Morgan fingerprint density at radius 1 is 1.22 bits per heavy atom. The number of nitrogens with one attached hydrogen (secondary N) is 2. The number of morpholine rings is 1. The third-order valence-electron chi connectivity index (χ3n) is 7.68. The number of carbonyl (C=O) groups is 2. The average molecular weight is 528 g/mol. The number of thiazole rings is 1. The Balaban J connectivity index is 1.33. The van der Waals surface area contributed by atoms with Crippen molar-refractivity contribution in [3.63, 3.8) is 0 Å². The van der Waals surface area contributed by atoms with Gasteiger partial charge in [-0.3, -0.25) is 14.5 Å². The fourth-order valence-electron chi connectivity index (χ4n) is 5.00. The summed E-state index contributed by atoms with van der Waals surface area (Å²) in [5.41, 5.74) is 2.29. The van der Waals surface area contributed by atoms with E-state index >= 15 is 0 Å². The van der Waals surface area contributed by atoms with Crippen LogP contribution >= 0.6 is 11.3 Å². The zero-order valence-corrected chi connectivity index (χ0v) is 22.7. The zero-order chi connectivity index (χ0) is 26.0. The molecule has 3 heterocycles. The lowest BCUT2D eigenvalue weighted by molar-refractivity contribution is -0.0552. The van der Waals surface area contributed by atoms with E-state index in [1.807, 2.05) is 18.2 Å². The first-order chi connectivity index (χ1) is 17.8. The molecule has 2 aliphatic heterocycles. The molecule has 0 spiro atoms. The zero-order valence-electron chi connectivity index (χ0n) is 21.9. The smallest absolute Gasteiger partial charge is 0.275 e. The molecule has 2 N–H and O–H groups in total. The van der Waals surface area contributed by atoms with Gasteiger partial charge in [0.2, 0.25) is 0 Å². The number of rotatable bonds is 8. The van der Waals surface area contributed by atoms with Gasteiger partial charge in [0.15, 0.2) is 5.13 Å². The van der Waals surface area contributed by atoms with Crippen LogP contribution in [-0.2, 0) is 16.0 Å². The molecular formula is C27H37N5O4S. The molecule has 2 amide bonds. The Bertz CT molecular complexity index is 1130. The van der Waals surface area contributed by atoms with Gasteiger partial charge in [0.05, 0.1) is 30.6 Å². The van der Waals surface area contributed by atoms with Gasteiger partial charge in [-0.2, -0.15) is 0 Å². The van der Waals surface area contributed by atoms with Gasteiger partial charge in [-0.1, -0.05) is 6.07 Å². The predicted octanol–water partition coefficient (Wildman–Crippen LogP) is 3.51. The van der Waals surface area contributed by atoms with Gasteiger partial charge in [0.1, 0.15) is 5.69 Å². The van der Waals surface area contributed by atoms with E-state index < -0.39 is 0 Å². The van der Waals surface area contributed by atoms with E-state index in [0.717, 1.165) is 56.0 Å². The van der Waals surface area contributed by atoms with Crippen molar-refractivity contribution in [2.75, 3.05) is 50.2 Å². The summed E-state index contributed by atoms with van der Waals surface area (Å²) in [7, 11) is 1.72. The number of hydrogen-bond acceptors (Lipinski definition) is 8. The molecule has 0 unspecified atom stereocenters. The summed E-state index contributed by atoms with van der Waals surface area (Å²) < 4.78 is 11.1. The van der Waals surface area contributed by atoms with Crippen LogP contribution in [0.1, 0.15) is 65.9 Å². The standard InChI is InChI=1S/C27H37N5O4S/c1-27(2)17-36-12-11-32(27)14-18-7-8-22(21(13-18)24(33)28-19-5-4-6-19)29-25(34)23-16-37-26(30-23)31-10-9-20(15-31)35-3/h7-8,13,16,19-20H,4-6,9-12,14-15,17H2,1-3H3,(H,28,33)(H,29,34)/t20-/m0/s1. The highest BCUT2D eigenvalue weighted by Gasteiger charge is 2.31. The number of carbonyl (C=O) groups excluding carboxylic acids is 2. The summed E-state index contributed by atoms with van der Waals surface area (Å²) in [6.07, 6.45) is 4.27. The number of anilines is 2. The molecule has 5 rings (SSSR count). The minimum Gasteiger partial charge on any atom is -0.380 e. The highest BCUT2D eigenvalue weighted by molar-refractivity contribution is 7.14. The van der Waals surface area contributed by atoms with Crippen LogP contribution in [0.25, 0.3) is 0 Å². The van der Waals surface area contributed by atoms with Gasteiger partial charge in [-0.05, 0) is 57.2 Å². The van der Waals surface area contributed by atoms with Crippen LogP contribution in [0.15, 0.2) is 23.6 Å². The molecule has 3 aliphatic rings. The fourth-order valence-corrected chi connectivity index (χ4v) is 5.84. The van der Waals surface area contributed by atoms with Crippen molar-refractivity contribution in [3.8, 4) is 0 Å². The van der Waals surface area contributed by atoms with Crippen molar-refractivity contribution >= 4 is 34.0 Å². The van der Waals surface area contributed by atoms with Crippen LogP contribution in [0.3, 0.4) is 0 Å². The molecule has 2 aromatic rings. The predicted molar refractivity (Wildman–Crippen MR) is 145 cm³/mol. The number of aromatic nitrogens is 1. The lowest BCUT2D eigenvalue weighted by Gasteiger charge is -2.42. The van der Waals surface area contributed by atoms with Gasteiger partial charge in [0.25, 0.3) is 11.8 Å². The third kappa shape index (κ3) is 5.98. The summed E-state index contributed by atoms with van der Waals surface area (Å²) in [6, 6.07) is 5.95. The number of nitrogens with zero attached hydrogens (tertiary/aromatic N) is 3. The highest BCUT2D eigenvalue weighted by Crippen LogP contribution is 2.28. The second-order valence-electron chi connectivity index (χ2n) is 10.8. The summed E-state index contributed by atoms with van der Waals surface area (Å²) >= 11 is 1.45. The molecule has 200 valence electrons. The van der Waals surface area contributed by atoms with Gasteiger partial charge in [-0.15, -0.1) is 11.3 Å². The Labute approximate surface area is 222 Å². The molecule has 0 bridgehead atoms. The number of hydrogen-bond donors (Lipinski definition) is 2. The third-order valence-corrected chi connectivity index (χ3v) is 8.58. The molecule has 1 atom stereocenters. The molecule has 0 radical (unpaired) electrons. The van der Waals surface area contributed by atoms with Gasteiger partial charge >= 0.3 is 0 Å². The maximum Gasteiger partial charge on any atom is 0.275 e. The summed E-state index contributed by atoms with van der Waals surface area (Å²) in [4.78, 5) is 35.5. The maximum absolute atomic E-state index is 13.3. The van der Waals surface area contributed by atoms with E-state index in [1.165, 1.54) is 11.3 Å². The van der Waals surface area contributed by atoms with E-state index in [0.29, 0.717) is 36.7 Å². The minimum atomic E-state index is -0.315. The van der Waals surface area contributed by atoms with Crippen LogP contribution in [-0.4, -0.2) is 79.3 Å². The van der Waals surface area contributed by atoms with Crippen LogP contribution in [0, 0.1) is 0 Å². The Morgan fingerprint density at radius 2 is 2.05 bits per heavy atom. The maximum atomic E-state index is 13.3. The van der Waals surface area contributed by atoms with Crippen molar-refractivity contribution in [2.24, 2.45) is 0 Å². The lowest BCUT2D eigenvalue weighted by atomic mass is 9.92. The molecule has 1 saturated carbocycles. The fraction of sp³-hybridized carbons (Fsp3) is 0.593. The summed E-state index contributed by atoms with van der Waals surface area (Å²) in [5, 5.41) is 8.67. The molecule has 1 aliphatic carbocycles. The van der Waals surface area contributed by atoms with E-state index in [1.54, 1.807) is 12.5 Å². The van der Waals surface area contributed by atoms with Crippen molar-refractivity contribution in [1.29, 1.82) is 0 Å². The first-order valence-corrected chi connectivity index (χ1v) is 14.0. The van der Waals surface area contributed by atoms with Crippen molar-refractivity contribution < 1.29 is 19.1 Å². The quantitative estimate of drug-likeness (QED) is 0.542. The number of benzene rings is 1. The van der Waals surface area contributed by atoms with Crippen molar-refractivity contribution in [3.05, 3.63) is 40.4 Å². The van der Waals surface area contributed by atoms with E-state index in [2.05, 4.69) is 39.3 Å². The average Bonchev–Trinajstić information content (AvgIpc) is 3.53. The summed E-state index contributed by atoms with van der Waals surface area (Å²) in [6.45, 7) is 8.90. The largest absolute Gasteiger partial charge is 0.380 e. The van der Waals surface area contributed by atoms with Gasteiger partial charge in [0, 0.05) is 50.2 Å². The van der Waals surface area contributed by atoms with E-state index in [-0.39, 0.29) is 29.5 Å². The Hall–Kier alpha value is -2.53. The molecule has 37 heavy (non-hydrogen) atoms. The van der Waals surface area contributed by atoms with Crippen molar-refractivity contribution in [2.45, 2.75) is 63.8 Å².